The fraction of sp³-hybridized carbons (Fsp3) is 0.480. The summed E-state index contributed by atoms with van der Waals surface area (Å²) in [7, 11) is 1.72. The van der Waals surface area contributed by atoms with Crippen molar-refractivity contribution in [3.05, 3.63) is 60.2 Å². The second-order valence-electron chi connectivity index (χ2n) is 8.52. The van der Waals surface area contributed by atoms with Crippen LogP contribution in [-0.2, 0) is 11.3 Å². The van der Waals surface area contributed by atoms with Crippen LogP contribution in [0.2, 0.25) is 0 Å². The quantitative estimate of drug-likeness (QED) is 0.669. The maximum absolute atomic E-state index is 13.3. The summed E-state index contributed by atoms with van der Waals surface area (Å²) in [5.41, 5.74) is 2.35. The third-order valence-electron chi connectivity index (χ3n) is 6.47. The van der Waals surface area contributed by atoms with Gasteiger partial charge in [0, 0.05) is 38.8 Å². The van der Waals surface area contributed by atoms with E-state index in [1.807, 2.05) is 18.2 Å². The zero-order valence-electron chi connectivity index (χ0n) is 18.2. The number of hydrogen-bond acceptors (Lipinski definition) is 4. The van der Waals surface area contributed by atoms with Crippen molar-refractivity contribution in [2.75, 3.05) is 44.7 Å². The van der Waals surface area contributed by atoms with Gasteiger partial charge in [0.2, 0.25) is 5.91 Å². The standard InChI is InChI=1S/C25H33N3O2/c1-20(22-12-13-22)28(18-21-8-4-3-5-9-21)25(29)19-26-14-16-27(17-15-26)23-10-6-7-11-24(23)30-2/h3-11,20,22H,12-19H2,1-2H3/t20-/m1/s1. The van der Waals surface area contributed by atoms with E-state index < -0.39 is 0 Å². The summed E-state index contributed by atoms with van der Waals surface area (Å²) in [5, 5.41) is 0. The third-order valence-corrected chi connectivity index (χ3v) is 6.47. The van der Waals surface area contributed by atoms with E-state index in [1.165, 1.54) is 18.4 Å². The lowest BCUT2D eigenvalue weighted by Crippen LogP contribution is -2.51. The molecule has 160 valence electrons. The summed E-state index contributed by atoms with van der Waals surface area (Å²) in [6.07, 6.45) is 2.49. The van der Waals surface area contributed by atoms with Crippen molar-refractivity contribution in [1.82, 2.24) is 9.80 Å². The van der Waals surface area contributed by atoms with Crippen molar-refractivity contribution in [2.24, 2.45) is 5.92 Å². The zero-order valence-corrected chi connectivity index (χ0v) is 18.2. The molecule has 1 saturated carbocycles. The second-order valence-corrected chi connectivity index (χ2v) is 8.52. The Bertz CT molecular complexity index is 829. The minimum Gasteiger partial charge on any atom is -0.495 e. The molecule has 1 aliphatic carbocycles. The first-order chi connectivity index (χ1) is 14.7. The number of piperazine rings is 1. The molecule has 2 aromatic rings. The highest BCUT2D eigenvalue weighted by Crippen LogP contribution is 2.36. The van der Waals surface area contributed by atoms with Crippen LogP contribution in [0.15, 0.2) is 54.6 Å². The average Bonchev–Trinajstić information content (AvgIpc) is 3.64. The molecule has 1 aliphatic heterocycles. The van der Waals surface area contributed by atoms with Crippen LogP contribution < -0.4 is 9.64 Å². The Morgan fingerprint density at radius 2 is 1.70 bits per heavy atom. The molecule has 2 aromatic carbocycles. The summed E-state index contributed by atoms with van der Waals surface area (Å²) in [5.74, 6) is 1.83. The van der Waals surface area contributed by atoms with Crippen molar-refractivity contribution in [3.8, 4) is 5.75 Å². The second kappa shape index (κ2) is 9.52. The van der Waals surface area contributed by atoms with E-state index >= 15 is 0 Å². The Labute approximate surface area is 180 Å². The van der Waals surface area contributed by atoms with Gasteiger partial charge in [-0.25, -0.2) is 0 Å². The highest BCUT2D eigenvalue weighted by Gasteiger charge is 2.35. The number of rotatable bonds is 8. The molecule has 4 rings (SSSR count). The van der Waals surface area contributed by atoms with Crippen molar-refractivity contribution in [1.29, 1.82) is 0 Å². The number of para-hydroxylation sites is 2. The van der Waals surface area contributed by atoms with E-state index in [0.29, 0.717) is 25.0 Å². The molecule has 2 aliphatic rings. The first-order valence-corrected chi connectivity index (χ1v) is 11.1. The Hall–Kier alpha value is -2.53. The predicted molar refractivity (Wildman–Crippen MR) is 121 cm³/mol. The van der Waals surface area contributed by atoms with Gasteiger partial charge in [-0.15, -0.1) is 0 Å². The van der Waals surface area contributed by atoms with Crippen LogP contribution in [0, 0.1) is 5.92 Å². The fourth-order valence-corrected chi connectivity index (χ4v) is 4.39. The van der Waals surface area contributed by atoms with E-state index in [2.05, 4.69) is 58.0 Å². The van der Waals surface area contributed by atoms with E-state index in [9.17, 15) is 4.79 Å². The van der Waals surface area contributed by atoms with Gasteiger partial charge in [0.1, 0.15) is 5.75 Å². The van der Waals surface area contributed by atoms with Crippen LogP contribution in [0.1, 0.15) is 25.3 Å². The molecule has 0 spiro atoms. The lowest BCUT2D eigenvalue weighted by atomic mass is 10.1. The molecular formula is C25H33N3O2. The largest absolute Gasteiger partial charge is 0.495 e. The zero-order chi connectivity index (χ0) is 20.9. The van der Waals surface area contributed by atoms with Crippen molar-refractivity contribution >= 4 is 11.6 Å². The molecule has 5 heteroatoms. The van der Waals surface area contributed by atoms with Crippen molar-refractivity contribution < 1.29 is 9.53 Å². The number of anilines is 1. The number of hydrogen-bond donors (Lipinski definition) is 0. The van der Waals surface area contributed by atoms with Crippen LogP contribution in [0.5, 0.6) is 5.75 Å². The molecule has 1 heterocycles. The topological polar surface area (TPSA) is 36.0 Å². The minimum absolute atomic E-state index is 0.254. The van der Waals surface area contributed by atoms with Gasteiger partial charge in [-0.1, -0.05) is 42.5 Å². The number of nitrogens with zero attached hydrogens (tertiary/aromatic N) is 3. The maximum Gasteiger partial charge on any atom is 0.237 e. The summed E-state index contributed by atoms with van der Waals surface area (Å²) < 4.78 is 5.52. The van der Waals surface area contributed by atoms with Crippen molar-refractivity contribution in [2.45, 2.75) is 32.4 Å². The molecule has 1 amide bonds. The Kier molecular flexibility index (Phi) is 6.58. The van der Waals surface area contributed by atoms with Gasteiger partial charge in [0.15, 0.2) is 0 Å². The number of carbonyl (C=O) groups excluding carboxylic acids is 1. The lowest BCUT2D eigenvalue weighted by Gasteiger charge is -2.38. The number of amides is 1. The van der Waals surface area contributed by atoms with Crippen LogP contribution in [0.4, 0.5) is 5.69 Å². The van der Waals surface area contributed by atoms with Gasteiger partial charge in [-0.2, -0.15) is 0 Å². The molecule has 0 aromatic heterocycles. The Morgan fingerprint density at radius 1 is 1.03 bits per heavy atom. The van der Waals surface area contributed by atoms with Gasteiger partial charge >= 0.3 is 0 Å². The first-order valence-electron chi connectivity index (χ1n) is 11.1. The SMILES string of the molecule is COc1ccccc1N1CCN(CC(=O)N(Cc2ccccc2)[C@H](C)C2CC2)CC1. The molecular weight excluding hydrogens is 374 g/mol. The van der Waals surface area contributed by atoms with Crippen LogP contribution in [0.3, 0.4) is 0 Å². The molecule has 1 saturated heterocycles. The van der Waals surface area contributed by atoms with Gasteiger partial charge in [-0.05, 0) is 43.4 Å². The van der Waals surface area contributed by atoms with E-state index in [4.69, 9.17) is 4.74 Å². The summed E-state index contributed by atoms with van der Waals surface area (Å²) >= 11 is 0. The molecule has 1 atom stereocenters. The predicted octanol–water partition coefficient (Wildman–Crippen LogP) is 3.64. The smallest absolute Gasteiger partial charge is 0.237 e. The molecule has 5 nitrogen and oxygen atoms in total. The lowest BCUT2D eigenvalue weighted by molar-refractivity contribution is -0.135. The minimum atomic E-state index is 0.254. The van der Waals surface area contributed by atoms with E-state index in [0.717, 1.165) is 37.6 Å². The van der Waals surface area contributed by atoms with Gasteiger partial charge < -0.3 is 14.5 Å². The molecule has 0 N–H and O–H groups in total. The monoisotopic (exact) mass is 407 g/mol. The summed E-state index contributed by atoms with van der Waals surface area (Å²) in [6.45, 7) is 7.02. The molecule has 0 unspecified atom stereocenters. The van der Waals surface area contributed by atoms with Crippen LogP contribution in [-0.4, -0.2) is 61.6 Å². The molecule has 0 bridgehead atoms. The van der Waals surface area contributed by atoms with Crippen molar-refractivity contribution in [3.63, 3.8) is 0 Å². The summed E-state index contributed by atoms with van der Waals surface area (Å²) in [4.78, 5) is 20.1. The maximum atomic E-state index is 13.3. The number of carbonyl (C=O) groups is 1. The average molecular weight is 408 g/mol. The number of ether oxygens (including phenoxy) is 1. The van der Waals surface area contributed by atoms with Crippen LogP contribution >= 0.6 is 0 Å². The first kappa shape index (κ1) is 20.7. The molecule has 2 fully saturated rings. The van der Waals surface area contributed by atoms with E-state index in [-0.39, 0.29) is 5.91 Å². The summed E-state index contributed by atoms with van der Waals surface area (Å²) in [6, 6.07) is 18.8. The van der Waals surface area contributed by atoms with Gasteiger partial charge in [0.25, 0.3) is 0 Å². The van der Waals surface area contributed by atoms with Crippen LogP contribution in [0.25, 0.3) is 0 Å². The number of benzene rings is 2. The fourth-order valence-electron chi connectivity index (χ4n) is 4.39. The van der Waals surface area contributed by atoms with Gasteiger partial charge in [0.05, 0.1) is 19.3 Å². The van der Waals surface area contributed by atoms with E-state index in [1.54, 1.807) is 7.11 Å². The normalized spacial score (nSPS) is 18.1. The highest BCUT2D eigenvalue weighted by molar-refractivity contribution is 5.78. The van der Waals surface area contributed by atoms with Gasteiger partial charge in [-0.3, -0.25) is 9.69 Å². The Balaban J connectivity index is 1.36. The Morgan fingerprint density at radius 3 is 2.37 bits per heavy atom. The third kappa shape index (κ3) is 4.96. The molecule has 30 heavy (non-hydrogen) atoms. The highest BCUT2D eigenvalue weighted by atomic mass is 16.5. The number of methoxy groups -OCH3 is 1. The molecule has 0 radical (unpaired) electrons.